The van der Waals surface area contributed by atoms with E-state index in [9.17, 15) is 0 Å². The molecule has 18 heavy (non-hydrogen) atoms. The van der Waals surface area contributed by atoms with Gasteiger partial charge in [0.15, 0.2) is 0 Å². The predicted octanol–water partition coefficient (Wildman–Crippen LogP) is 3.91. The smallest absolute Gasteiger partial charge is 0.0687 e. The van der Waals surface area contributed by atoms with Crippen molar-refractivity contribution in [3.63, 3.8) is 0 Å². The molecule has 1 aliphatic rings. The van der Waals surface area contributed by atoms with E-state index in [4.69, 9.17) is 4.74 Å². The first-order valence-corrected chi connectivity index (χ1v) is 6.36. The Morgan fingerprint density at radius 1 is 0.778 bits per heavy atom. The number of ether oxygens (including phenoxy) is 1. The molecule has 0 aliphatic carbocycles. The Morgan fingerprint density at radius 3 is 1.78 bits per heavy atom. The summed E-state index contributed by atoms with van der Waals surface area (Å²) in [7, 11) is 0. The van der Waals surface area contributed by atoms with Crippen molar-refractivity contribution in [3.8, 4) is 0 Å². The molecule has 0 unspecified atom stereocenters. The van der Waals surface area contributed by atoms with Crippen LogP contribution >= 0.6 is 0 Å². The van der Waals surface area contributed by atoms with E-state index in [0.29, 0.717) is 0 Å². The van der Waals surface area contributed by atoms with Crippen LogP contribution in [0.1, 0.15) is 17.5 Å². The van der Waals surface area contributed by atoms with Crippen molar-refractivity contribution in [2.45, 2.75) is 6.42 Å². The van der Waals surface area contributed by atoms with Crippen LogP contribution in [0.4, 0.5) is 0 Å². The average Bonchev–Trinajstić information content (AvgIpc) is 2.95. The van der Waals surface area contributed by atoms with Crippen molar-refractivity contribution >= 4 is 5.57 Å². The zero-order valence-corrected chi connectivity index (χ0v) is 10.3. The number of benzene rings is 2. The molecular formula is C17H16O. The van der Waals surface area contributed by atoms with Crippen molar-refractivity contribution in [1.82, 2.24) is 0 Å². The number of hydrogen-bond donors (Lipinski definition) is 0. The molecule has 0 N–H and O–H groups in total. The first kappa shape index (κ1) is 11.2. The van der Waals surface area contributed by atoms with Gasteiger partial charge >= 0.3 is 0 Å². The van der Waals surface area contributed by atoms with E-state index >= 15 is 0 Å². The normalized spacial score (nSPS) is 14.8. The second-order valence-electron chi connectivity index (χ2n) is 4.51. The highest BCUT2D eigenvalue weighted by Crippen LogP contribution is 2.30. The Bertz CT molecular complexity index is 491. The lowest BCUT2D eigenvalue weighted by molar-refractivity contribution is 0.205. The van der Waals surface area contributed by atoms with Crippen molar-refractivity contribution in [2.24, 2.45) is 0 Å². The summed E-state index contributed by atoms with van der Waals surface area (Å²) in [6.45, 7) is 1.61. The molecule has 0 amide bonds. The average molecular weight is 236 g/mol. The summed E-state index contributed by atoms with van der Waals surface area (Å²) in [5.41, 5.74) is 5.31. The molecular weight excluding hydrogens is 220 g/mol. The third kappa shape index (κ3) is 2.22. The van der Waals surface area contributed by atoms with Gasteiger partial charge in [0.2, 0.25) is 0 Å². The third-order valence-electron chi connectivity index (χ3n) is 3.30. The lowest BCUT2D eigenvalue weighted by Crippen LogP contribution is -1.94. The SMILES string of the molecule is c1ccc(C(=C2CCOC2)c2ccccc2)cc1. The van der Waals surface area contributed by atoms with Gasteiger partial charge in [-0.1, -0.05) is 60.7 Å². The van der Waals surface area contributed by atoms with Crippen LogP contribution in [0, 0.1) is 0 Å². The van der Waals surface area contributed by atoms with Crippen LogP contribution in [-0.2, 0) is 4.74 Å². The Kier molecular flexibility index (Phi) is 3.24. The van der Waals surface area contributed by atoms with E-state index in [1.165, 1.54) is 22.3 Å². The molecule has 0 bridgehead atoms. The van der Waals surface area contributed by atoms with Crippen LogP contribution < -0.4 is 0 Å². The van der Waals surface area contributed by atoms with Crippen LogP contribution in [0.3, 0.4) is 0 Å². The molecule has 1 fully saturated rings. The zero-order chi connectivity index (χ0) is 12.2. The molecule has 0 saturated carbocycles. The molecule has 1 heteroatoms. The summed E-state index contributed by atoms with van der Waals surface area (Å²) >= 11 is 0. The van der Waals surface area contributed by atoms with E-state index in [1.807, 2.05) is 0 Å². The molecule has 1 saturated heterocycles. The minimum absolute atomic E-state index is 0.763. The molecule has 1 aliphatic heterocycles. The van der Waals surface area contributed by atoms with Crippen LogP contribution in [0.5, 0.6) is 0 Å². The van der Waals surface area contributed by atoms with Gasteiger partial charge < -0.3 is 4.74 Å². The standard InChI is InChI=1S/C17H16O/c1-3-7-14(8-4-1)17(16-11-12-18-13-16)15-9-5-2-6-10-15/h1-10H,11-13H2. The zero-order valence-electron chi connectivity index (χ0n) is 10.3. The van der Waals surface area contributed by atoms with Gasteiger partial charge in [0.25, 0.3) is 0 Å². The maximum atomic E-state index is 5.52. The quantitative estimate of drug-likeness (QED) is 0.768. The molecule has 1 heterocycles. The van der Waals surface area contributed by atoms with Crippen LogP contribution in [0.15, 0.2) is 66.2 Å². The van der Waals surface area contributed by atoms with Gasteiger partial charge in [0.1, 0.15) is 0 Å². The maximum absolute atomic E-state index is 5.52. The second kappa shape index (κ2) is 5.19. The fourth-order valence-corrected chi connectivity index (χ4v) is 2.44. The van der Waals surface area contributed by atoms with Crippen molar-refractivity contribution < 1.29 is 4.74 Å². The summed E-state index contributed by atoms with van der Waals surface area (Å²) < 4.78 is 5.52. The molecule has 0 aromatic heterocycles. The van der Waals surface area contributed by atoms with Crippen LogP contribution in [0.2, 0.25) is 0 Å². The van der Waals surface area contributed by atoms with E-state index < -0.39 is 0 Å². The minimum atomic E-state index is 0.763. The molecule has 0 atom stereocenters. The van der Waals surface area contributed by atoms with Gasteiger partial charge in [-0.15, -0.1) is 0 Å². The van der Waals surface area contributed by atoms with E-state index in [2.05, 4.69) is 60.7 Å². The van der Waals surface area contributed by atoms with Crippen molar-refractivity contribution in [1.29, 1.82) is 0 Å². The lowest BCUT2D eigenvalue weighted by atomic mass is 9.92. The van der Waals surface area contributed by atoms with Crippen molar-refractivity contribution in [3.05, 3.63) is 77.4 Å². The monoisotopic (exact) mass is 236 g/mol. The highest BCUT2D eigenvalue weighted by atomic mass is 16.5. The lowest BCUT2D eigenvalue weighted by Gasteiger charge is -2.11. The fraction of sp³-hybridized carbons (Fsp3) is 0.176. The third-order valence-corrected chi connectivity index (χ3v) is 3.30. The molecule has 0 radical (unpaired) electrons. The Hall–Kier alpha value is -1.86. The summed E-state index contributed by atoms with van der Waals surface area (Å²) in [5.74, 6) is 0. The molecule has 2 aromatic carbocycles. The Morgan fingerprint density at radius 2 is 1.33 bits per heavy atom. The van der Waals surface area contributed by atoms with Gasteiger partial charge in [0.05, 0.1) is 13.2 Å². The first-order chi connectivity index (χ1) is 8.95. The largest absolute Gasteiger partial charge is 0.377 e. The predicted molar refractivity (Wildman–Crippen MR) is 74.3 cm³/mol. The summed E-state index contributed by atoms with van der Waals surface area (Å²) in [6, 6.07) is 21.2. The minimum Gasteiger partial charge on any atom is -0.377 e. The van der Waals surface area contributed by atoms with Gasteiger partial charge in [-0.25, -0.2) is 0 Å². The Balaban J connectivity index is 2.14. The molecule has 2 aromatic rings. The second-order valence-corrected chi connectivity index (χ2v) is 4.51. The van der Waals surface area contributed by atoms with E-state index in [-0.39, 0.29) is 0 Å². The van der Waals surface area contributed by atoms with Crippen LogP contribution in [0.25, 0.3) is 5.57 Å². The summed E-state index contributed by atoms with van der Waals surface area (Å²) in [4.78, 5) is 0. The first-order valence-electron chi connectivity index (χ1n) is 6.36. The molecule has 1 nitrogen and oxygen atoms in total. The van der Waals surface area contributed by atoms with Gasteiger partial charge in [-0.2, -0.15) is 0 Å². The number of hydrogen-bond acceptors (Lipinski definition) is 1. The number of rotatable bonds is 2. The molecule has 0 spiro atoms. The van der Waals surface area contributed by atoms with E-state index in [0.717, 1.165) is 19.6 Å². The summed E-state index contributed by atoms with van der Waals surface area (Å²) in [5, 5.41) is 0. The highest BCUT2D eigenvalue weighted by molar-refractivity contribution is 5.82. The maximum Gasteiger partial charge on any atom is 0.0687 e. The summed E-state index contributed by atoms with van der Waals surface area (Å²) in [6.07, 6.45) is 1.04. The molecule has 3 rings (SSSR count). The fourth-order valence-electron chi connectivity index (χ4n) is 2.44. The van der Waals surface area contributed by atoms with Crippen molar-refractivity contribution in [2.75, 3.05) is 13.2 Å². The van der Waals surface area contributed by atoms with Gasteiger partial charge in [-0.05, 0) is 28.7 Å². The topological polar surface area (TPSA) is 9.23 Å². The van der Waals surface area contributed by atoms with Gasteiger partial charge in [0, 0.05) is 0 Å². The van der Waals surface area contributed by atoms with E-state index in [1.54, 1.807) is 0 Å². The van der Waals surface area contributed by atoms with Gasteiger partial charge in [-0.3, -0.25) is 0 Å². The Labute approximate surface area is 108 Å². The van der Waals surface area contributed by atoms with Crippen LogP contribution in [-0.4, -0.2) is 13.2 Å². The molecule has 90 valence electrons. The highest BCUT2D eigenvalue weighted by Gasteiger charge is 2.15.